The zero-order valence-electron chi connectivity index (χ0n) is 14.0. The quantitative estimate of drug-likeness (QED) is 0.576. The number of benzene rings is 1. The molecule has 0 bridgehead atoms. The number of anilines is 1. The fourth-order valence-corrected chi connectivity index (χ4v) is 2.75. The molecule has 1 amide bonds. The number of rotatable bonds is 4. The predicted molar refractivity (Wildman–Crippen MR) is 97.8 cm³/mol. The Hall–Kier alpha value is -3.61. The summed E-state index contributed by atoms with van der Waals surface area (Å²) in [5.41, 5.74) is 2.10. The van der Waals surface area contributed by atoms with Crippen molar-refractivity contribution in [3.8, 4) is 11.3 Å². The number of pyridine rings is 2. The number of amides is 1. The average Bonchev–Trinajstić information content (AvgIpc) is 3.13. The van der Waals surface area contributed by atoms with E-state index < -0.39 is 6.43 Å². The van der Waals surface area contributed by atoms with Gasteiger partial charge in [0, 0.05) is 29.7 Å². The van der Waals surface area contributed by atoms with Crippen molar-refractivity contribution >= 4 is 17.4 Å². The van der Waals surface area contributed by atoms with Gasteiger partial charge in [-0.25, -0.2) is 18.7 Å². The Morgan fingerprint density at radius 3 is 2.56 bits per heavy atom. The molecule has 5 nitrogen and oxygen atoms in total. The number of imidazole rings is 1. The first-order valence-electron chi connectivity index (χ1n) is 8.20. The van der Waals surface area contributed by atoms with Gasteiger partial charge in [-0.15, -0.1) is 0 Å². The van der Waals surface area contributed by atoms with E-state index >= 15 is 0 Å². The Bertz CT molecular complexity index is 1090. The second-order valence-corrected chi connectivity index (χ2v) is 5.87. The Morgan fingerprint density at radius 2 is 1.85 bits per heavy atom. The number of alkyl halides is 2. The van der Waals surface area contributed by atoms with Crippen LogP contribution in [-0.4, -0.2) is 20.3 Å². The summed E-state index contributed by atoms with van der Waals surface area (Å²) in [5.74, 6) is 0.114. The average molecular weight is 364 g/mol. The normalized spacial score (nSPS) is 11.1. The van der Waals surface area contributed by atoms with Gasteiger partial charge >= 0.3 is 0 Å². The molecule has 3 aromatic heterocycles. The van der Waals surface area contributed by atoms with Crippen molar-refractivity contribution in [3.05, 3.63) is 84.3 Å². The van der Waals surface area contributed by atoms with E-state index in [0.717, 1.165) is 0 Å². The first-order valence-corrected chi connectivity index (χ1v) is 8.20. The van der Waals surface area contributed by atoms with Crippen LogP contribution < -0.4 is 5.32 Å². The van der Waals surface area contributed by atoms with Gasteiger partial charge in [0.25, 0.3) is 12.3 Å². The number of carbonyl (C=O) groups excluding carboxylic acids is 1. The highest BCUT2D eigenvalue weighted by atomic mass is 19.3. The molecule has 134 valence electrons. The molecule has 0 radical (unpaired) electrons. The van der Waals surface area contributed by atoms with E-state index in [0.29, 0.717) is 28.3 Å². The lowest BCUT2D eigenvalue weighted by Gasteiger charge is -2.05. The number of halogens is 2. The van der Waals surface area contributed by atoms with Gasteiger partial charge in [0.15, 0.2) is 0 Å². The summed E-state index contributed by atoms with van der Waals surface area (Å²) in [5, 5.41) is 2.73. The minimum Gasteiger partial charge on any atom is -0.306 e. The lowest BCUT2D eigenvalue weighted by molar-refractivity contribution is 0.102. The van der Waals surface area contributed by atoms with Gasteiger partial charge in [0.1, 0.15) is 11.5 Å². The first-order chi connectivity index (χ1) is 13.1. The maximum atomic E-state index is 12.7. The Balaban J connectivity index is 1.68. The molecule has 0 atom stereocenters. The van der Waals surface area contributed by atoms with Crippen molar-refractivity contribution in [2.24, 2.45) is 0 Å². The van der Waals surface area contributed by atoms with Crippen LogP contribution in [-0.2, 0) is 0 Å². The molecule has 0 aliphatic rings. The van der Waals surface area contributed by atoms with Crippen LogP contribution in [0.15, 0.2) is 73.2 Å². The van der Waals surface area contributed by atoms with Crippen molar-refractivity contribution in [2.45, 2.75) is 6.43 Å². The molecular formula is C20H14F2N4O. The smallest absolute Gasteiger partial charge is 0.263 e. The van der Waals surface area contributed by atoms with Crippen molar-refractivity contribution in [1.82, 2.24) is 14.4 Å². The van der Waals surface area contributed by atoms with Gasteiger partial charge in [-0.1, -0.05) is 30.3 Å². The molecule has 3 heterocycles. The van der Waals surface area contributed by atoms with Crippen LogP contribution in [0.1, 0.15) is 22.3 Å². The summed E-state index contributed by atoms with van der Waals surface area (Å²) < 4.78 is 27.2. The van der Waals surface area contributed by atoms with Gasteiger partial charge in [-0.2, -0.15) is 0 Å². The lowest BCUT2D eigenvalue weighted by atomic mass is 10.1. The first kappa shape index (κ1) is 16.8. The lowest BCUT2D eigenvalue weighted by Crippen LogP contribution is -2.14. The maximum absolute atomic E-state index is 12.7. The van der Waals surface area contributed by atoms with E-state index in [9.17, 15) is 13.6 Å². The van der Waals surface area contributed by atoms with Gasteiger partial charge in [-0.05, 0) is 24.3 Å². The molecule has 0 saturated carbocycles. The summed E-state index contributed by atoms with van der Waals surface area (Å²) >= 11 is 0. The fourth-order valence-electron chi connectivity index (χ4n) is 2.75. The molecule has 4 aromatic rings. The van der Waals surface area contributed by atoms with E-state index in [-0.39, 0.29) is 11.5 Å². The van der Waals surface area contributed by atoms with Crippen LogP contribution in [0.3, 0.4) is 0 Å². The number of carbonyl (C=O) groups is 1. The Morgan fingerprint density at radius 1 is 1.04 bits per heavy atom. The summed E-state index contributed by atoms with van der Waals surface area (Å²) in [6, 6.07) is 14.6. The van der Waals surface area contributed by atoms with E-state index in [1.165, 1.54) is 12.1 Å². The van der Waals surface area contributed by atoms with E-state index in [2.05, 4.69) is 15.3 Å². The molecule has 1 N–H and O–H groups in total. The molecule has 0 fully saturated rings. The number of nitrogens with zero attached hydrogens (tertiary/aromatic N) is 3. The molecule has 0 aliphatic heterocycles. The molecule has 27 heavy (non-hydrogen) atoms. The fraction of sp³-hybridized carbons (Fsp3) is 0.0500. The monoisotopic (exact) mass is 364 g/mol. The van der Waals surface area contributed by atoms with Crippen molar-refractivity contribution < 1.29 is 13.6 Å². The van der Waals surface area contributed by atoms with Crippen molar-refractivity contribution in [1.29, 1.82) is 0 Å². The standard InChI is InChI=1S/C20H14F2N4O/c21-18(22)14-8-6-13(7-9-14)16-12-26-11-3-4-15(19(26)24-16)20(27)25-17-5-1-2-10-23-17/h1-12,18H,(H,23,25,27). The molecule has 0 aliphatic carbocycles. The Kier molecular flexibility index (Phi) is 4.33. The van der Waals surface area contributed by atoms with Crippen LogP contribution >= 0.6 is 0 Å². The number of nitrogens with one attached hydrogen (secondary N) is 1. The number of hydrogen-bond acceptors (Lipinski definition) is 3. The van der Waals surface area contributed by atoms with Crippen LogP contribution in [0.25, 0.3) is 16.9 Å². The van der Waals surface area contributed by atoms with E-state index in [1.807, 2.05) is 0 Å². The summed E-state index contributed by atoms with van der Waals surface area (Å²) in [6.07, 6.45) is 2.61. The minimum atomic E-state index is -2.51. The highest BCUT2D eigenvalue weighted by Crippen LogP contribution is 2.25. The molecule has 7 heteroatoms. The topological polar surface area (TPSA) is 59.3 Å². The number of aromatic nitrogens is 3. The molecular weight excluding hydrogens is 350 g/mol. The van der Waals surface area contributed by atoms with Crippen molar-refractivity contribution in [3.63, 3.8) is 0 Å². The van der Waals surface area contributed by atoms with Crippen LogP contribution in [0.4, 0.5) is 14.6 Å². The maximum Gasteiger partial charge on any atom is 0.263 e. The second kappa shape index (κ2) is 6.95. The Labute approximate surface area is 153 Å². The molecule has 0 unspecified atom stereocenters. The molecule has 1 aromatic carbocycles. The van der Waals surface area contributed by atoms with Gasteiger partial charge in [0.05, 0.1) is 11.3 Å². The largest absolute Gasteiger partial charge is 0.306 e. The molecule has 0 saturated heterocycles. The van der Waals surface area contributed by atoms with Crippen LogP contribution in [0, 0.1) is 0 Å². The summed E-state index contributed by atoms with van der Waals surface area (Å²) in [6.45, 7) is 0. The number of fused-ring (bicyclic) bond motifs is 1. The SMILES string of the molecule is O=C(Nc1ccccn1)c1cccn2cc(-c3ccc(C(F)F)cc3)nc12. The van der Waals surface area contributed by atoms with Crippen molar-refractivity contribution in [2.75, 3.05) is 5.32 Å². The zero-order valence-corrected chi connectivity index (χ0v) is 14.0. The third-order valence-electron chi connectivity index (χ3n) is 4.09. The van der Waals surface area contributed by atoms with E-state index in [1.54, 1.807) is 65.5 Å². The zero-order chi connectivity index (χ0) is 18.8. The summed E-state index contributed by atoms with van der Waals surface area (Å²) in [4.78, 5) is 21.2. The second-order valence-electron chi connectivity index (χ2n) is 5.87. The highest BCUT2D eigenvalue weighted by molar-refractivity contribution is 6.08. The summed E-state index contributed by atoms with van der Waals surface area (Å²) in [7, 11) is 0. The number of hydrogen-bond donors (Lipinski definition) is 1. The minimum absolute atomic E-state index is 0.0436. The van der Waals surface area contributed by atoms with Gasteiger partial charge < -0.3 is 9.72 Å². The van der Waals surface area contributed by atoms with Crippen LogP contribution in [0.5, 0.6) is 0 Å². The molecule has 0 spiro atoms. The van der Waals surface area contributed by atoms with Crippen LogP contribution in [0.2, 0.25) is 0 Å². The predicted octanol–water partition coefficient (Wildman–Crippen LogP) is 4.59. The third-order valence-corrected chi connectivity index (χ3v) is 4.09. The van der Waals surface area contributed by atoms with Gasteiger partial charge in [-0.3, -0.25) is 4.79 Å². The molecule has 4 rings (SSSR count). The van der Waals surface area contributed by atoms with E-state index in [4.69, 9.17) is 0 Å². The third kappa shape index (κ3) is 3.39. The van der Waals surface area contributed by atoms with Gasteiger partial charge in [0.2, 0.25) is 0 Å². The highest BCUT2D eigenvalue weighted by Gasteiger charge is 2.15.